The van der Waals surface area contributed by atoms with Gasteiger partial charge in [-0.15, -0.1) is 0 Å². The molecule has 1 aliphatic rings. The van der Waals surface area contributed by atoms with Crippen molar-refractivity contribution in [1.29, 1.82) is 10.5 Å². The number of nitriles is 2. The highest BCUT2D eigenvalue weighted by Gasteiger charge is 2.10. The van der Waals surface area contributed by atoms with Crippen molar-refractivity contribution in [3.8, 4) is 23.6 Å². The highest BCUT2D eigenvalue weighted by atomic mass is 16.3. The molecule has 8 heteroatoms. The number of allylic oxidation sites excluding steroid dienone is 2. The van der Waals surface area contributed by atoms with Crippen molar-refractivity contribution < 1.29 is 10.2 Å². The van der Waals surface area contributed by atoms with Gasteiger partial charge in [-0.2, -0.15) is 10.5 Å². The number of phenolic OH excluding ortho intramolecular Hbond substituents is 2. The van der Waals surface area contributed by atoms with Crippen molar-refractivity contribution in [2.24, 2.45) is 20.0 Å². The summed E-state index contributed by atoms with van der Waals surface area (Å²) in [7, 11) is 0. The molecule has 0 aliphatic carbocycles. The van der Waals surface area contributed by atoms with Gasteiger partial charge in [-0.1, -0.05) is 0 Å². The van der Waals surface area contributed by atoms with Crippen molar-refractivity contribution >= 4 is 24.9 Å². The van der Waals surface area contributed by atoms with Crippen molar-refractivity contribution in [1.82, 2.24) is 0 Å². The Morgan fingerprint density at radius 3 is 1.39 bits per heavy atom. The zero-order valence-corrected chi connectivity index (χ0v) is 18.3. The van der Waals surface area contributed by atoms with Gasteiger partial charge in [0.25, 0.3) is 0 Å². The highest BCUT2D eigenvalue weighted by Crippen LogP contribution is 2.24. The predicted molar refractivity (Wildman–Crippen MR) is 129 cm³/mol. The fourth-order valence-corrected chi connectivity index (χ4v) is 3.20. The average molecular weight is 438 g/mol. The summed E-state index contributed by atoms with van der Waals surface area (Å²) in [4.78, 5) is 16.9. The molecule has 0 spiro atoms. The summed E-state index contributed by atoms with van der Waals surface area (Å²) in [6.45, 7) is 4.76. The lowest BCUT2D eigenvalue weighted by Crippen LogP contribution is -1.94. The van der Waals surface area contributed by atoms with Gasteiger partial charge in [0.1, 0.15) is 23.6 Å². The fraction of sp³-hybridized carbons (Fsp3) is 0.200. The molecular weight excluding hydrogens is 416 g/mol. The average Bonchev–Trinajstić information content (AvgIpc) is 2.79. The molecule has 4 bridgehead atoms. The van der Waals surface area contributed by atoms with Crippen LogP contribution in [-0.2, 0) is 0 Å². The van der Waals surface area contributed by atoms with Crippen LogP contribution in [0.3, 0.4) is 0 Å². The van der Waals surface area contributed by atoms with Crippen LogP contribution in [0.15, 0.2) is 55.6 Å². The van der Waals surface area contributed by atoms with Crippen molar-refractivity contribution in [2.75, 3.05) is 13.1 Å². The summed E-state index contributed by atoms with van der Waals surface area (Å²) >= 11 is 0. The molecule has 0 fully saturated rings. The van der Waals surface area contributed by atoms with Crippen LogP contribution in [0.2, 0.25) is 0 Å². The van der Waals surface area contributed by atoms with Crippen molar-refractivity contribution in [3.05, 3.63) is 69.0 Å². The lowest BCUT2D eigenvalue weighted by molar-refractivity contribution is 0.473. The number of aromatic hydroxyl groups is 2. The minimum Gasteiger partial charge on any atom is -0.507 e. The van der Waals surface area contributed by atoms with Crippen LogP contribution in [0.5, 0.6) is 11.5 Å². The first kappa shape index (κ1) is 23.1. The van der Waals surface area contributed by atoms with Crippen LogP contribution in [0, 0.1) is 36.5 Å². The zero-order valence-electron chi connectivity index (χ0n) is 18.3. The number of aryl methyl sites for hydroxylation is 2. The summed E-state index contributed by atoms with van der Waals surface area (Å²) in [5.74, 6) is -0.0560. The lowest BCUT2D eigenvalue weighted by atomic mass is 10.1. The predicted octanol–water partition coefficient (Wildman–Crippen LogP) is 3.75. The smallest absolute Gasteiger partial charge is 0.176 e. The van der Waals surface area contributed by atoms with E-state index in [-0.39, 0.29) is 22.9 Å². The summed E-state index contributed by atoms with van der Waals surface area (Å²) in [6, 6.07) is 10.7. The van der Waals surface area contributed by atoms with E-state index in [9.17, 15) is 20.7 Å². The largest absolute Gasteiger partial charge is 0.507 e. The molecule has 33 heavy (non-hydrogen) atoms. The van der Waals surface area contributed by atoms with Crippen LogP contribution in [0.4, 0.5) is 0 Å². The maximum Gasteiger partial charge on any atom is 0.176 e. The topological polar surface area (TPSA) is 137 Å². The first-order chi connectivity index (χ1) is 15.9. The molecule has 164 valence electrons. The SMILES string of the molecule is Cc1cc2c(O)c(c1)C=N/C(C#N)=C(\C#N)N=Cc1cc(C)cc(c1O)C=NCCCN=C2. The monoisotopic (exact) mass is 438 g/mol. The molecule has 0 aromatic heterocycles. The van der Waals surface area contributed by atoms with E-state index in [4.69, 9.17) is 0 Å². The molecule has 0 saturated heterocycles. The van der Waals surface area contributed by atoms with Crippen LogP contribution in [-0.4, -0.2) is 48.2 Å². The van der Waals surface area contributed by atoms with Crippen LogP contribution >= 0.6 is 0 Å². The number of benzene rings is 2. The number of hydrogen-bond donors (Lipinski definition) is 2. The molecule has 1 heterocycles. The normalized spacial score (nSPS) is 16.4. The van der Waals surface area contributed by atoms with Gasteiger partial charge in [0.2, 0.25) is 0 Å². The second-order valence-corrected chi connectivity index (χ2v) is 7.45. The first-order valence-corrected chi connectivity index (χ1v) is 10.2. The molecule has 0 radical (unpaired) electrons. The fourth-order valence-electron chi connectivity index (χ4n) is 3.20. The third-order valence-corrected chi connectivity index (χ3v) is 4.76. The molecule has 0 saturated carbocycles. The van der Waals surface area contributed by atoms with Crippen LogP contribution < -0.4 is 0 Å². The number of rotatable bonds is 0. The van der Waals surface area contributed by atoms with E-state index >= 15 is 0 Å². The summed E-state index contributed by atoms with van der Waals surface area (Å²) < 4.78 is 0. The third kappa shape index (κ3) is 5.78. The van der Waals surface area contributed by atoms with E-state index in [2.05, 4.69) is 20.0 Å². The number of phenols is 2. The Balaban J connectivity index is 2.15. The minimum absolute atomic E-state index is 0.0280. The highest BCUT2D eigenvalue weighted by molar-refractivity contribution is 5.94. The summed E-state index contributed by atoms with van der Waals surface area (Å²) in [5.41, 5.74) is 3.11. The van der Waals surface area contributed by atoms with E-state index in [1.165, 1.54) is 12.4 Å². The summed E-state index contributed by atoms with van der Waals surface area (Å²) in [6.07, 6.45) is 6.49. The molecule has 0 unspecified atom stereocenters. The lowest BCUT2D eigenvalue weighted by Gasteiger charge is -2.05. The molecule has 3 rings (SSSR count). The van der Waals surface area contributed by atoms with E-state index in [0.29, 0.717) is 41.8 Å². The van der Waals surface area contributed by atoms with E-state index in [1.54, 1.807) is 36.7 Å². The molecule has 2 aromatic carbocycles. The van der Waals surface area contributed by atoms with Gasteiger partial charge in [-0.25, -0.2) is 9.98 Å². The van der Waals surface area contributed by atoms with Gasteiger partial charge < -0.3 is 10.2 Å². The maximum absolute atomic E-state index is 10.6. The quantitative estimate of drug-likeness (QED) is 0.647. The van der Waals surface area contributed by atoms with E-state index in [0.717, 1.165) is 11.1 Å². The Morgan fingerprint density at radius 1 is 0.667 bits per heavy atom. The Labute approximate surface area is 191 Å². The maximum atomic E-state index is 10.6. The standard InChI is InChI=1S/C25H22N6O2/c1-16-6-18-12-28-4-3-5-29-13-19-7-17(2)9-21(25(19)33)15-31-23(11-27)22(10-26)30-14-20(8-16)24(18)32/h6-9,12-15,32-33H,3-5H2,1-2H3/b23-22+,28-12?,29-13?,30-14?,31-15?. The van der Waals surface area contributed by atoms with Gasteiger partial charge in [-0.3, -0.25) is 9.98 Å². The van der Waals surface area contributed by atoms with Crippen molar-refractivity contribution in [2.45, 2.75) is 20.3 Å². The molecule has 0 amide bonds. The van der Waals surface area contributed by atoms with E-state index in [1.807, 2.05) is 26.0 Å². The molecular formula is C25H22N6O2. The number of nitrogens with zero attached hydrogens (tertiary/aromatic N) is 6. The van der Waals surface area contributed by atoms with Gasteiger partial charge in [0.05, 0.1) is 0 Å². The number of aliphatic imine (C=N–C) groups is 4. The van der Waals surface area contributed by atoms with Gasteiger partial charge in [0, 0.05) is 60.2 Å². The molecule has 2 N–H and O–H groups in total. The Hall–Kier alpha value is -4.56. The molecule has 2 aromatic rings. The summed E-state index contributed by atoms with van der Waals surface area (Å²) in [5, 5.41) is 40.2. The second kappa shape index (κ2) is 10.7. The van der Waals surface area contributed by atoms with Crippen molar-refractivity contribution in [3.63, 3.8) is 0 Å². The Kier molecular flexibility index (Phi) is 7.46. The van der Waals surface area contributed by atoms with Crippen LogP contribution in [0.25, 0.3) is 0 Å². The van der Waals surface area contributed by atoms with Crippen LogP contribution in [0.1, 0.15) is 39.8 Å². The Bertz CT molecular complexity index is 1200. The number of hydrogen-bond acceptors (Lipinski definition) is 8. The molecule has 1 aliphatic heterocycles. The van der Waals surface area contributed by atoms with Gasteiger partial charge in [0.15, 0.2) is 11.4 Å². The minimum atomic E-state index is -0.225. The molecule has 8 nitrogen and oxygen atoms in total. The van der Waals surface area contributed by atoms with E-state index < -0.39 is 0 Å². The molecule has 0 atom stereocenters. The Morgan fingerprint density at radius 2 is 1.03 bits per heavy atom. The number of fused-ring (bicyclic) bond motifs is 4. The second-order valence-electron chi connectivity index (χ2n) is 7.45. The van der Waals surface area contributed by atoms with Gasteiger partial charge in [-0.05, 0) is 55.7 Å². The van der Waals surface area contributed by atoms with Gasteiger partial charge >= 0.3 is 0 Å². The first-order valence-electron chi connectivity index (χ1n) is 10.2. The zero-order chi connectivity index (χ0) is 23.8. The third-order valence-electron chi connectivity index (χ3n) is 4.76.